The quantitative estimate of drug-likeness (QED) is 0.460. The zero-order valence-electron chi connectivity index (χ0n) is 15.0. The minimum atomic E-state index is 0.427. The van der Waals surface area contributed by atoms with E-state index in [4.69, 9.17) is 17.0 Å². The van der Waals surface area contributed by atoms with E-state index in [9.17, 15) is 0 Å². The van der Waals surface area contributed by atoms with Crippen molar-refractivity contribution >= 4 is 18.4 Å². The molecule has 0 radical (unpaired) electrons. The SMILES string of the molecule is S=c1[nH]nc(C2CCCCC2)n1/N=C/c1cccc(Oc2ccccc2)c1. The zero-order valence-corrected chi connectivity index (χ0v) is 15.9. The van der Waals surface area contributed by atoms with Crippen molar-refractivity contribution in [1.29, 1.82) is 0 Å². The van der Waals surface area contributed by atoms with E-state index >= 15 is 0 Å². The van der Waals surface area contributed by atoms with Gasteiger partial charge in [0.05, 0.1) is 6.21 Å². The molecule has 1 fully saturated rings. The summed E-state index contributed by atoms with van der Waals surface area (Å²) in [4.78, 5) is 0. The minimum absolute atomic E-state index is 0.427. The predicted molar refractivity (Wildman–Crippen MR) is 109 cm³/mol. The number of nitrogens with one attached hydrogen (secondary N) is 1. The van der Waals surface area contributed by atoms with Crippen LogP contribution in [0.2, 0.25) is 0 Å². The summed E-state index contributed by atoms with van der Waals surface area (Å²) >= 11 is 5.38. The molecular weight excluding hydrogens is 356 g/mol. The smallest absolute Gasteiger partial charge is 0.216 e. The van der Waals surface area contributed by atoms with Crippen molar-refractivity contribution in [3.63, 3.8) is 0 Å². The number of hydrogen-bond acceptors (Lipinski definition) is 4. The Bertz CT molecular complexity index is 971. The largest absolute Gasteiger partial charge is 0.457 e. The summed E-state index contributed by atoms with van der Waals surface area (Å²) in [6, 6.07) is 17.6. The summed E-state index contributed by atoms with van der Waals surface area (Å²) in [5.74, 6) is 2.95. The van der Waals surface area contributed by atoms with Gasteiger partial charge in [-0.25, -0.2) is 0 Å². The first-order valence-corrected chi connectivity index (χ1v) is 9.75. The summed E-state index contributed by atoms with van der Waals surface area (Å²) in [5, 5.41) is 11.9. The van der Waals surface area contributed by atoms with Gasteiger partial charge in [0.25, 0.3) is 0 Å². The maximum Gasteiger partial charge on any atom is 0.216 e. The second-order valence-corrected chi connectivity index (χ2v) is 7.15. The highest BCUT2D eigenvalue weighted by Crippen LogP contribution is 2.31. The average molecular weight is 379 g/mol. The van der Waals surface area contributed by atoms with Gasteiger partial charge in [-0.05, 0) is 54.9 Å². The molecule has 4 rings (SSSR count). The van der Waals surface area contributed by atoms with Gasteiger partial charge in [0.15, 0.2) is 5.82 Å². The van der Waals surface area contributed by atoms with Gasteiger partial charge in [-0.1, -0.05) is 49.6 Å². The highest BCUT2D eigenvalue weighted by molar-refractivity contribution is 7.71. The molecule has 1 aliphatic rings. The molecule has 6 heteroatoms. The Kier molecular flexibility index (Phi) is 5.44. The molecule has 0 saturated heterocycles. The molecule has 1 saturated carbocycles. The van der Waals surface area contributed by atoms with Gasteiger partial charge in [-0.15, -0.1) is 0 Å². The Labute approximate surface area is 163 Å². The average Bonchev–Trinajstić information content (AvgIpc) is 3.09. The normalized spacial score (nSPS) is 15.3. The van der Waals surface area contributed by atoms with Crippen LogP contribution in [-0.4, -0.2) is 21.1 Å². The van der Waals surface area contributed by atoms with Crippen LogP contribution in [0.15, 0.2) is 59.7 Å². The lowest BCUT2D eigenvalue weighted by Crippen LogP contribution is -2.10. The third kappa shape index (κ3) is 4.34. The Balaban J connectivity index is 1.54. The van der Waals surface area contributed by atoms with Gasteiger partial charge in [-0.2, -0.15) is 14.9 Å². The molecule has 27 heavy (non-hydrogen) atoms. The lowest BCUT2D eigenvalue weighted by Gasteiger charge is -2.19. The number of aromatic nitrogens is 3. The molecule has 1 N–H and O–H groups in total. The highest BCUT2D eigenvalue weighted by Gasteiger charge is 2.21. The second-order valence-electron chi connectivity index (χ2n) is 6.77. The molecule has 0 bridgehead atoms. The van der Waals surface area contributed by atoms with E-state index in [0.717, 1.165) is 35.7 Å². The number of para-hydroxylation sites is 1. The fourth-order valence-electron chi connectivity index (χ4n) is 3.45. The summed E-state index contributed by atoms with van der Waals surface area (Å²) in [6.45, 7) is 0. The van der Waals surface area contributed by atoms with Crippen molar-refractivity contribution < 1.29 is 4.74 Å². The van der Waals surface area contributed by atoms with E-state index in [1.165, 1.54) is 19.3 Å². The number of nitrogens with zero attached hydrogens (tertiary/aromatic N) is 3. The number of benzene rings is 2. The first-order chi connectivity index (χ1) is 13.3. The highest BCUT2D eigenvalue weighted by atomic mass is 32.1. The van der Waals surface area contributed by atoms with Crippen molar-refractivity contribution in [2.24, 2.45) is 5.10 Å². The van der Waals surface area contributed by atoms with Crippen LogP contribution in [-0.2, 0) is 0 Å². The fraction of sp³-hybridized carbons (Fsp3) is 0.286. The van der Waals surface area contributed by atoms with Gasteiger partial charge in [0.1, 0.15) is 11.5 Å². The van der Waals surface area contributed by atoms with E-state index < -0.39 is 0 Å². The number of aromatic amines is 1. The monoisotopic (exact) mass is 378 g/mol. The molecule has 0 atom stereocenters. The number of H-pyrrole nitrogens is 1. The van der Waals surface area contributed by atoms with Crippen molar-refractivity contribution in [1.82, 2.24) is 14.9 Å². The molecule has 1 heterocycles. The van der Waals surface area contributed by atoms with Crippen LogP contribution < -0.4 is 4.74 Å². The van der Waals surface area contributed by atoms with Crippen LogP contribution in [0.4, 0.5) is 0 Å². The number of ether oxygens (including phenoxy) is 1. The number of rotatable bonds is 5. The first-order valence-electron chi connectivity index (χ1n) is 9.34. The Hall–Kier alpha value is -2.73. The maximum atomic E-state index is 5.89. The minimum Gasteiger partial charge on any atom is -0.457 e. The third-order valence-electron chi connectivity index (χ3n) is 4.81. The van der Waals surface area contributed by atoms with E-state index in [0.29, 0.717) is 10.7 Å². The van der Waals surface area contributed by atoms with Crippen LogP contribution >= 0.6 is 12.2 Å². The van der Waals surface area contributed by atoms with Crippen molar-refractivity contribution in [3.8, 4) is 11.5 Å². The summed E-state index contributed by atoms with van der Waals surface area (Å²) in [6.07, 6.45) is 7.89. The van der Waals surface area contributed by atoms with Gasteiger partial charge in [0.2, 0.25) is 4.77 Å². The molecule has 0 aliphatic heterocycles. The molecule has 3 aromatic rings. The molecule has 0 amide bonds. The topological polar surface area (TPSA) is 55.2 Å². The molecule has 1 aliphatic carbocycles. The van der Waals surface area contributed by atoms with Gasteiger partial charge in [0, 0.05) is 5.92 Å². The van der Waals surface area contributed by atoms with E-state index in [2.05, 4.69) is 15.3 Å². The van der Waals surface area contributed by atoms with Crippen molar-refractivity contribution in [2.45, 2.75) is 38.0 Å². The second kappa shape index (κ2) is 8.31. The zero-order chi connectivity index (χ0) is 18.5. The van der Waals surface area contributed by atoms with Gasteiger partial charge in [-0.3, -0.25) is 5.10 Å². The molecular formula is C21H22N4OS. The summed E-state index contributed by atoms with van der Waals surface area (Å²) < 4.78 is 8.18. The summed E-state index contributed by atoms with van der Waals surface area (Å²) in [7, 11) is 0. The fourth-order valence-corrected chi connectivity index (χ4v) is 3.63. The lowest BCUT2D eigenvalue weighted by molar-refractivity contribution is 0.419. The molecule has 5 nitrogen and oxygen atoms in total. The van der Waals surface area contributed by atoms with Crippen LogP contribution in [0.25, 0.3) is 0 Å². The van der Waals surface area contributed by atoms with Crippen LogP contribution in [0, 0.1) is 4.77 Å². The molecule has 1 aromatic heterocycles. The van der Waals surface area contributed by atoms with Gasteiger partial charge < -0.3 is 4.74 Å². The Morgan fingerprint density at radius 2 is 1.81 bits per heavy atom. The van der Waals surface area contributed by atoms with E-state index in [1.807, 2.05) is 54.6 Å². The molecule has 0 unspecified atom stereocenters. The van der Waals surface area contributed by atoms with Crippen molar-refractivity contribution in [3.05, 3.63) is 70.8 Å². The van der Waals surface area contributed by atoms with E-state index in [-0.39, 0.29) is 0 Å². The van der Waals surface area contributed by atoms with Gasteiger partial charge >= 0.3 is 0 Å². The molecule has 0 spiro atoms. The predicted octanol–water partition coefficient (Wildman–Crippen LogP) is 5.66. The van der Waals surface area contributed by atoms with E-state index in [1.54, 1.807) is 10.9 Å². The molecule has 2 aromatic carbocycles. The van der Waals surface area contributed by atoms with Crippen LogP contribution in [0.1, 0.15) is 49.4 Å². The van der Waals surface area contributed by atoms with Crippen LogP contribution in [0.3, 0.4) is 0 Å². The Morgan fingerprint density at radius 3 is 2.63 bits per heavy atom. The molecule has 138 valence electrons. The standard InChI is InChI=1S/C21H22N4OS/c27-21-24-23-20(17-9-3-1-4-10-17)25(21)22-15-16-8-7-13-19(14-16)26-18-11-5-2-6-12-18/h2,5-8,11-15,17H,1,3-4,9-10H2,(H,24,27)/b22-15+. The lowest BCUT2D eigenvalue weighted by atomic mass is 9.89. The third-order valence-corrected chi connectivity index (χ3v) is 5.07. The first kappa shape index (κ1) is 17.7. The summed E-state index contributed by atoms with van der Waals surface area (Å²) in [5.41, 5.74) is 0.945. The number of hydrogen-bond donors (Lipinski definition) is 1. The van der Waals surface area contributed by atoms with Crippen LogP contribution in [0.5, 0.6) is 11.5 Å². The van der Waals surface area contributed by atoms with Crippen molar-refractivity contribution in [2.75, 3.05) is 0 Å². The Morgan fingerprint density at radius 1 is 1.04 bits per heavy atom. The maximum absolute atomic E-state index is 5.89.